The highest BCUT2D eigenvalue weighted by molar-refractivity contribution is 14.1. The molecule has 4 rings (SSSR count). The molecule has 2 atom stereocenters. The number of sulfonamides is 1. The predicted molar refractivity (Wildman–Crippen MR) is 145 cm³/mol. The summed E-state index contributed by atoms with van der Waals surface area (Å²) in [7, 11) is -4.23. The monoisotopic (exact) mass is 617 g/mol. The van der Waals surface area contributed by atoms with E-state index in [-0.39, 0.29) is 17.2 Å². The van der Waals surface area contributed by atoms with Crippen LogP contribution in [0.25, 0.3) is 0 Å². The molecule has 1 aliphatic rings. The average molecular weight is 617 g/mol. The molecule has 1 fully saturated rings. The minimum absolute atomic E-state index is 0.0488. The Labute approximate surface area is 223 Å². The number of benzene rings is 3. The largest absolute Gasteiger partial charge is 0.326 e. The summed E-state index contributed by atoms with van der Waals surface area (Å²) in [6.07, 6.45) is -0.273. The number of hydrogen-bond donors (Lipinski definition) is 1. The molecule has 10 heteroatoms. The van der Waals surface area contributed by atoms with Crippen LogP contribution in [0.5, 0.6) is 0 Å². The van der Waals surface area contributed by atoms with Gasteiger partial charge in [-0.05, 0) is 83.6 Å². The number of halogens is 1. The van der Waals surface area contributed by atoms with Gasteiger partial charge < -0.3 is 5.32 Å². The Morgan fingerprint density at radius 2 is 1.61 bits per heavy atom. The topological polar surface area (TPSA) is 104 Å². The molecule has 1 aliphatic heterocycles. The highest BCUT2D eigenvalue weighted by Crippen LogP contribution is 2.36. The van der Waals surface area contributed by atoms with Crippen molar-refractivity contribution in [3.63, 3.8) is 0 Å². The Morgan fingerprint density at radius 1 is 1.00 bits per heavy atom. The van der Waals surface area contributed by atoms with Gasteiger partial charge in [0.15, 0.2) is 0 Å². The molecule has 0 bridgehead atoms. The van der Waals surface area contributed by atoms with Gasteiger partial charge in [-0.3, -0.25) is 14.4 Å². The fraction of sp³-hybridized carbons (Fsp3) is 0.192. The first-order chi connectivity index (χ1) is 17.1. The van der Waals surface area contributed by atoms with E-state index in [1.165, 1.54) is 31.2 Å². The van der Waals surface area contributed by atoms with Crippen molar-refractivity contribution < 1.29 is 22.8 Å². The second-order valence-corrected chi connectivity index (χ2v) is 11.5. The first-order valence-corrected chi connectivity index (χ1v) is 13.7. The third-order valence-corrected chi connectivity index (χ3v) is 8.64. The molecule has 1 saturated heterocycles. The molecular weight excluding hydrogens is 593 g/mol. The van der Waals surface area contributed by atoms with Crippen molar-refractivity contribution in [2.75, 3.05) is 10.2 Å². The summed E-state index contributed by atoms with van der Waals surface area (Å²) in [4.78, 5) is 38.9. The summed E-state index contributed by atoms with van der Waals surface area (Å²) < 4.78 is 30.0. The van der Waals surface area contributed by atoms with Crippen molar-refractivity contribution in [1.29, 1.82) is 0 Å². The van der Waals surface area contributed by atoms with Gasteiger partial charge >= 0.3 is 0 Å². The van der Waals surface area contributed by atoms with Crippen molar-refractivity contribution in [3.05, 3.63) is 88.0 Å². The molecule has 0 saturated carbocycles. The van der Waals surface area contributed by atoms with Gasteiger partial charge in [0, 0.05) is 22.2 Å². The normalized spacial score (nSPS) is 16.9. The quantitative estimate of drug-likeness (QED) is 0.314. The molecule has 0 aliphatic carbocycles. The molecule has 186 valence electrons. The van der Waals surface area contributed by atoms with E-state index in [4.69, 9.17) is 0 Å². The van der Waals surface area contributed by atoms with Crippen LogP contribution in [0.15, 0.2) is 83.8 Å². The van der Waals surface area contributed by atoms with Gasteiger partial charge in [-0.25, -0.2) is 13.3 Å². The second kappa shape index (κ2) is 10.5. The minimum Gasteiger partial charge on any atom is -0.326 e. The van der Waals surface area contributed by atoms with Gasteiger partial charge in [-0.15, -0.1) is 0 Å². The van der Waals surface area contributed by atoms with Gasteiger partial charge in [0.25, 0.3) is 5.91 Å². The van der Waals surface area contributed by atoms with E-state index in [2.05, 4.69) is 27.9 Å². The Morgan fingerprint density at radius 3 is 2.19 bits per heavy atom. The van der Waals surface area contributed by atoms with E-state index >= 15 is 0 Å². The lowest BCUT2D eigenvalue weighted by molar-refractivity contribution is -0.122. The minimum atomic E-state index is -4.23. The van der Waals surface area contributed by atoms with Crippen molar-refractivity contribution in [3.8, 4) is 0 Å². The van der Waals surface area contributed by atoms with Gasteiger partial charge in [-0.1, -0.05) is 30.3 Å². The zero-order valence-corrected chi connectivity index (χ0v) is 22.6. The summed E-state index contributed by atoms with van der Waals surface area (Å²) in [6, 6.07) is 19.6. The lowest BCUT2D eigenvalue weighted by Crippen LogP contribution is -2.46. The number of nitrogens with one attached hydrogen (secondary N) is 1. The number of amides is 3. The summed E-state index contributed by atoms with van der Waals surface area (Å²) in [6.45, 7) is 3.06. The maximum absolute atomic E-state index is 14.0. The Kier molecular flexibility index (Phi) is 7.57. The number of anilines is 2. The van der Waals surface area contributed by atoms with Crippen LogP contribution < -0.4 is 10.2 Å². The summed E-state index contributed by atoms with van der Waals surface area (Å²) in [5.41, 5.74) is 1.53. The van der Waals surface area contributed by atoms with E-state index < -0.39 is 33.9 Å². The number of hydrogen-bond acceptors (Lipinski definition) is 5. The molecule has 3 amide bonds. The molecular formula is C26H24IN3O5S. The molecule has 3 aromatic carbocycles. The van der Waals surface area contributed by atoms with Gasteiger partial charge in [0.2, 0.25) is 21.8 Å². The average Bonchev–Trinajstić information content (AvgIpc) is 3.13. The molecule has 0 spiro atoms. The smallest absolute Gasteiger partial charge is 0.252 e. The third-order valence-electron chi connectivity index (χ3n) is 5.93. The standard InChI is InChI=1S/C26H24IN3O5S/c1-17(19-6-4-3-5-7-19)30(36(34,35)23-14-10-21(11-15-23)28-18(2)31)24-16-25(32)29(26(24)33)22-12-8-20(27)9-13-22/h3-15,17,24H,16H2,1-2H3,(H,28,31). The predicted octanol–water partition coefficient (Wildman–Crippen LogP) is 4.33. The van der Waals surface area contributed by atoms with Crippen molar-refractivity contribution in [2.45, 2.75) is 37.2 Å². The summed E-state index contributed by atoms with van der Waals surface area (Å²) in [5.74, 6) is -1.34. The van der Waals surface area contributed by atoms with Crippen molar-refractivity contribution in [2.24, 2.45) is 0 Å². The van der Waals surface area contributed by atoms with E-state index in [1.54, 1.807) is 55.5 Å². The lowest BCUT2D eigenvalue weighted by atomic mass is 10.1. The van der Waals surface area contributed by atoms with Gasteiger partial charge in [0.05, 0.1) is 17.0 Å². The number of rotatable bonds is 7. The Balaban J connectivity index is 1.76. The second-order valence-electron chi connectivity index (χ2n) is 8.39. The zero-order chi connectivity index (χ0) is 26.0. The molecule has 1 N–H and O–H groups in total. The maximum Gasteiger partial charge on any atom is 0.252 e. The SMILES string of the molecule is CC(=O)Nc1ccc(S(=O)(=O)N(C2CC(=O)N(c3ccc(I)cc3)C2=O)C(C)c2ccccc2)cc1. The lowest BCUT2D eigenvalue weighted by Gasteiger charge is -2.32. The van der Waals surface area contributed by atoms with E-state index in [0.717, 1.165) is 12.8 Å². The van der Waals surface area contributed by atoms with Crippen molar-refractivity contribution >= 4 is 61.7 Å². The van der Waals surface area contributed by atoms with Crippen molar-refractivity contribution in [1.82, 2.24) is 4.31 Å². The summed E-state index contributed by atoms with van der Waals surface area (Å²) >= 11 is 2.13. The van der Waals surface area contributed by atoms with E-state index in [9.17, 15) is 22.8 Å². The van der Waals surface area contributed by atoms with Gasteiger partial charge in [0.1, 0.15) is 6.04 Å². The van der Waals surface area contributed by atoms with Crippen LogP contribution in [0.3, 0.4) is 0 Å². The molecule has 0 aromatic heterocycles. The van der Waals surface area contributed by atoms with Crippen LogP contribution in [0, 0.1) is 3.57 Å². The number of nitrogens with zero attached hydrogens (tertiary/aromatic N) is 2. The Bertz CT molecular complexity index is 1390. The highest BCUT2D eigenvalue weighted by Gasteiger charge is 2.48. The molecule has 8 nitrogen and oxygen atoms in total. The molecule has 2 unspecified atom stereocenters. The first kappa shape index (κ1) is 26.0. The maximum atomic E-state index is 14.0. The Hall–Kier alpha value is -3.09. The molecule has 36 heavy (non-hydrogen) atoms. The fourth-order valence-electron chi connectivity index (χ4n) is 4.24. The number of carbonyl (C=O) groups excluding carboxylic acids is 3. The molecule has 3 aromatic rings. The van der Waals surface area contributed by atoms with Crippen LogP contribution in [-0.2, 0) is 24.4 Å². The fourth-order valence-corrected chi connectivity index (χ4v) is 6.36. The van der Waals surface area contributed by atoms with Gasteiger partial charge in [-0.2, -0.15) is 4.31 Å². The van der Waals surface area contributed by atoms with Crippen LogP contribution in [0.2, 0.25) is 0 Å². The molecule has 1 heterocycles. The van der Waals surface area contributed by atoms with Crippen LogP contribution >= 0.6 is 22.6 Å². The van der Waals surface area contributed by atoms with Crippen LogP contribution in [0.4, 0.5) is 11.4 Å². The summed E-state index contributed by atoms with van der Waals surface area (Å²) in [5, 5.41) is 2.60. The zero-order valence-electron chi connectivity index (χ0n) is 19.6. The third kappa shape index (κ3) is 5.20. The van der Waals surface area contributed by atoms with Crippen LogP contribution in [0.1, 0.15) is 31.9 Å². The van der Waals surface area contributed by atoms with E-state index in [0.29, 0.717) is 16.9 Å². The number of imide groups is 1. The number of carbonyl (C=O) groups is 3. The highest BCUT2D eigenvalue weighted by atomic mass is 127. The molecule has 0 radical (unpaired) electrons. The first-order valence-electron chi connectivity index (χ1n) is 11.2. The van der Waals surface area contributed by atoms with E-state index in [1.807, 2.05) is 6.07 Å². The van der Waals surface area contributed by atoms with Crippen LogP contribution in [-0.4, -0.2) is 36.5 Å².